The van der Waals surface area contributed by atoms with E-state index in [1.54, 1.807) is 0 Å². The molecule has 0 atom stereocenters. The molecular formula is C20H17ClN4. The van der Waals surface area contributed by atoms with Crippen LogP contribution in [0.25, 0.3) is 33.4 Å². The van der Waals surface area contributed by atoms with Gasteiger partial charge in [0.15, 0.2) is 0 Å². The van der Waals surface area contributed by atoms with Crippen molar-refractivity contribution in [2.24, 2.45) is 0 Å². The largest absolute Gasteiger partial charge is 0.349 e. The highest BCUT2D eigenvalue weighted by Gasteiger charge is 2.07. The topological polar surface area (TPSA) is 44.8 Å². The lowest BCUT2D eigenvalue weighted by molar-refractivity contribution is 1.05. The summed E-state index contributed by atoms with van der Waals surface area (Å²) in [4.78, 5) is 14.4. The molecule has 0 bridgehead atoms. The summed E-state index contributed by atoms with van der Waals surface area (Å²) in [6.45, 7) is 0. The third-order valence-corrected chi connectivity index (χ3v) is 4.38. The van der Waals surface area contributed by atoms with Crippen LogP contribution in [0.2, 0.25) is 5.02 Å². The maximum atomic E-state index is 5.95. The second-order valence-corrected chi connectivity index (χ2v) is 6.56. The molecule has 0 fully saturated rings. The lowest BCUT2D eigenvalue weighted by Gasteiger charge is -2.05. The van der Waals surface area contributed by atoms with Crippen molar-refractivity contribution in [2.75, 3.05) is 19.0 Å². The van der Waals surface area contributed by atoms with Crippen molar-refractivity contribution in [2.45, 2.75) is 0 Å². The van der Waals surface area contributed by atoms with Gasteiger partial charge in [0, 0.05) is 36.4 Å². The predicted octanol–water partition coefficient (Wildman–Crippen LogP) is 5.01. The molecule has 4 aromatic rings. The number of hydrogen-bond donors (Lipinski definition) is 1. The minimum absolute atomic E-state index is 0.735. The Labute approximate surface area is 151 Å². The molecule has 0 amide bonds. The van der Waals surface area contributed by atoms with E-state index in [0.29, 0.717) is 0 Å². The third-order valence-electron chi connectivity index (χ3n) is 4.13. The SMILES string of the molecule is CN(C)c1nc2ccc(-c3ccc(-c4ccc(Cl)cc4)cn3)cc2[nH]1. The number of aromatic amines is 1. The lowest BCUT2D eigenvalue weighted by Crippen LogP contribution is -2.09. The molecule has 0 radical (unpaired) electrons. The second kappa shape index (κ2) is 6.22. The quantitative estimate of drug-likeness (QED) is 0.566. The van der Waals surface area contributed by atoms with Crippen LogP contribution in [0, 0.1) is 0 Å². The molecule has 4 rings (SSSR count). The highest BCUT2D eigenvalue weighted by atomic mass is 35.5. The van der Waals surface area contributed by atoms with Crippen LogP contribution in [0.4, 0.5) is 5.95 Å². The number of imidazole rings is 1. The van der Waals surface area contributed by atoms with Gasteiger partial charge in [0.1, 0.15) is 0 Å². The van der Waals surface area contributed by atoms with Gasteiger partial charge in [-0.05, 0) is 35.9 Å². The van der Waals surface area contributed by atoms with Gasteiger partial charge in [-0.15, -0.1) is 0 Å². The summed E-state index contributed by atoms with van der Waals surface area (Å²) < 4.78 is 0. The first-order chi connectivity index (χ1) is 12.1. The summed E-state index contributed by atoms with van der Waals surface area (Å²) in [6, 6.07) is 18.0. The first-order valence-electron chi connectivity index (χ1n) is 7.99. The Balaban J connectivity index is 1.67. The summed E-state index contributed by atoms with van der Waals surface area (Å²) in [6.07, 6.45) is 1.89. The van der Waals surface area contributed by atoms with Crippen LogP contribution < -0.4 is 4.90 Å². The molecule has 4 nitrogen and oxygen atoms in total. The van der Waals surface area contributed by atoms with E-state index in [1.165, 1.54) is 0 Å². The van der Waals surface area contributed by atoms with Gasteiger partial charge in [-0.3, -0.25) is 4.98 Å². The van der Waals surface area contributed by atoms with E-state index in [0.717, 1.165) is 44.4 Å². The van der Waals surface area contributed by atoms with Gasteiger partial charge >= 0.3 is 0 Å². The molecule has 2 aromatic heterocycles. The maximum Gasteiger partial charge on any atom is 0.203 e. The Bertz CT molecular complexity index is 1020. The van der Waals surface area contributed by atoms with Crippen LogP contribution in [0.1, 0.15) is 0 Å². The van der Waals surface area contributed by atoms with E-state index in [4.69, 9.17) is 11.6 Å². The zero-order valence-electron chi connectivity index (χ0n) is 14.0. The minimum Gasteiger partial charge on any atom is -0.349 e. The number of nitrogens with zero attached hydrogens (tertiary/aromatic N) is 3. The Kier molecular flexibility index (Phi) is 3.90. The fourth-order valence-corrected chi connectivity index (χ4v) is 2.87. The first kappa shape index (κ1) is 15.7. The Morgan fingerprint density at radius 1 is 0.880 bits per heavy atom. The third kappa shape index (κ3) is 3.08. The lowest BCUT2D eigenvalue weighted by atomic mass is 10.1. The number of benzene rings is 2. The summed E-state index contributed by atoms with van der Waals surface area (Å²) in [5.41, 5.74) is 6.11. The smallest absolute Gasteiger partial charge is 0.203 e. The minimum atomic E-state index is 0.735. The normalized spacial score (nSPS) is 11.0. The van der Waals surface area contributed by atoms with Crippen LogP contribution >= 0.6 is 11.6 Å². The van der Waals surface area contributed by atoms with Gasteiger partial charge in [0.25, 0.3) is 0 Å². The molecule has 0 saturated carbocycles. The molecule has 124 valence electrons. The summed E-state index contributed by atoms with van der Waals surface area (Å²) in [7, 11) is 3.94. The summed E-state index contributed by atoms with van der Waals surface area (Å²) in [5.74, 6) is 0.846. The first-order valence-corrected chi connectivity index (χ1v) is 8.37. The molecular weight excluding hydrogens is 332 g/mol. The van der Waals surface area contributed by atoms with Crippen molar-refractivity contribution >= 4 is 28.6 Å². The molecule has 5 heteroatoms. The molecule has 0 aliphatic heterocycles. The molecule has 1 N–H and O–H groups in total. The van der Waals surface area contributed by atoms with E-state index in [9.17, 15) is 0 Å². The fourth-order valence-electron chi connectivity index (χ4n) is 2.75. The van der Waals surface area contributed by atoms with E-state index in [2.05, 4.69) is 27.1 Å². The number of aromatic nitrogens is 3. The van der Waals surface area contributed by atoms with Gasteiger partial charge in [0.2, 0.25) is 5.95 Å². The van der Waals surface area contributed by atoms with Crippen LogP contribution in [0.15, 0.2) is 60.8 Å². The molecule has 0 aliphatic carbocycles. The molecule has 25 heavy (non-hydrogen) atoms. The number of anilines is 1. The standard InChI is InChI=1S/C20H17ClN4/c1-25(2)20-23-18-10-5-14(11-19(18)24-20)17-9-6-15(12-22-17)13-3-7-16(21)8-4-13/h3-12H,1-2H3,(H,23,24). The Morgan fingerprint density at radius 3 is 2.28 bits per heavy atom. The Hall–Kier alpha value is -2.85. The van der Waals surface area contributed by atoms with Gasteiger partial charge in [-0.1, -0.05) is 35.9 Å². The number of pyridine rings is 1. The number of fused-ring (bicyclic) bond motifs is 1. The second-order valence-electron chi connectivity index (χ2n) is 6.13. The number of H-pyrrole nitrogens is 1. The van der Waals surface area contributed by atoms with Gasteiger partial charge < -0.3 is 9.88 Å². The fraction of sp³-hybridized carbons (Fsp3) is 0.100. The molecule has 2 aromatic carbocycles. The summed E-state index contributed by atoms with van der Waals surface area (Å²) in [5, 5.41) is 0.735. The average Bonchev–Trinajstić information content (AvgIpc) is 3.06. The van der Waals surface area contributed by atoms with E-state index in [1.807, 2.05) is 67.7 Å². The Morgan fingerprint density at radius 2 is 1.60 bits per heavy atom. The maximum absolute atomic E-state index is 5.95. The molecule has 0 spiro atoms. The van der Waals surface area contributed by atoms with Crippen LogP contribution in [0.5, 0.6) is 0 Å². The van der Waals surface area contributed by atoms with Crippen molar-refractivity contribution in [3.05, 3.63) is 65.8 Å². The van der Waals surface area contributed by atoms with Crippen molar-refractivity contribution in [3.63, 3.8) is 0 Å². The summed E-state index contributed by atoms with van der Waals surface area (Å²) >= 11 is 5.95. The monoisotopic (exact) mass is 348 g/mol. The van der Waals surface area contributed by atoms with E-state index < -0.39 is 0 Å². The number of nitrogens with one attached hydrogen (secondary N) is 1. The zero-order valence-corrected chi connectivity index (χ0v) is 14.7. The van der Waals surface area contributed by atoms with Crippen molar-refractivity contribution in [3.8, 4) is 22.4 Å². The van der Waals surface area contributed by atoms with Crippen LogP contribution in [-0.4, -0.2) is 29.0 Å². The van der Waals surface area contributed by atoms with Gasteiger partial charge in [-0.2, -0.15) is 0 Å². The number of rotatable bonds is 3. The predicted molar refractivity (Wildman–Crippen MR) is 104 cm³/mol. The molecule has 0 saturated heterocycles. The molecule has 0 aliphatic rings. The van der Waals surface area contributed by atoms with Gasteiger partial charge in [-0.25, -0.2) is 4.98 Å². The van der Waals surface area contributed by atoms with Crippen molar-refractivity contribution in [1.82, 2.24) is 15.0 Å². The average molecular weight is 349 g/mol. The van der Waals surface area contributed by atoms with Crippen LogP contribution in [-0.2, 0) is 0 Å². The van der Waals surface area contributed by atoms with Crippen LogP contribution in [0.3, 0.4) is 0 Å². The van der Waals surface area contributed by atoms with E-state index >= 15 is 0 Å². The molecule has 2 heterocycles. The van der Waals surface area contributed by atoms with E-state index in [-0.39, 0.29) is 0 Å². The van der Waals surface area contributed by atoms with Crippen molar-refractivity contribution < 1.29 is 0 Å². The number of halogens is 1. The number of hydrogen-bond acceptors (Lipinski definition) is 3. The molecule has 0 unspecified atom stereocenters. The van der Waals surface area contributed by atoms with Gasteiger partial charge in [0.05, 0.1) is 16.7 Å². The zero-order chi connectivity index (χ0) is 17.4. The highest BCUT2D eigenvalue weighted by Crippen LogP contribution is 2.26. The van der Waals surface area contributed by atoms with Crippen molar-refractivity contribution in [1.29, 1.82) is 0 Å². The highest BCUT2D eigenvalue weighted by molar-refractivity contribution is 6.30.